The van der Waals surface area contributed by atoms with E-state index in [1.54, 1.807) is 49.9 Å². The Labute approximate surface area is 499 Å². The van der Waals surface area contributed by atoms with Crippen molar-refractivity contribution >= 4 is 55.5 Å². The van der Waals surface area contributed by atoms with Gasteiger partial charge in [-0.3, -0.25) is 14.4 Å². The number of halogens is 1. The monoisotopic (exact) mass is 1290 g/mol. The molecule has 448 valence electrons. The number of sulfonamides is 2. The fraction of sp³-hybridized carbons (Fsp3) is 0.467. The van der Waals surface area contributed by atoms with Gasteiger partial charge in [-0.1, -0.05) is 60.7 Å². The van der Waals surface area contributed by atoms with Crippen LogP contribution < -0.4 is 51.6 Å². The smallest absolute Gasteiger partial charge is 0.247 e. The van der Waals surface area contributed by atoms with E-state index in [9.17, 15) is 45.6 Å². The van der Waals surface area contributed by atoms with Crippen molar-refractivity contribution in [3.8, 4) is 0 Å². The SMILES string of the molecule is CN[C@@H](C)C(=O)N[C@H]1CN(S(=O)(=O)CC/C=C/CCS(=O)(=O)N2CC[C@H]3CCC(C(=O)NC(c4ccccc4)c4ccccc4)N3C(=O)[C@H]([I-]NC(=O)[C@@H](C)NC)C2)CC[C@H]2CC[C@@H](C(=O)NC(c3ccccc3)c3ccccc3)N2C1=O. The standard InChI is InChI=1S/C60H78IN10O10S2/c1-41(62-3)55(72)64-50-40-69(36-34-48-30-32-52(71(48)60(50)77)58(75)66-54(45-25-15-9-16-26-45)46-27-17-10-18-28-46)83(80,81)38-20-6-5-19-37-82(78,79)68-35-33-47-29-31-51(70(47)59(76)49(39-68)61-67-56(73)42(2)63-4)57(74)65-53(43-21-11-7-12-22-43)44-23-13-8-14-24-44/h5-18,21-28,41-42,47-54,62-63H,19-20,29-40H2,1-4H3,(H,64,72)(H,65,74)(H,66,75)(H,67,73)/q-1/b6-5+/t41-,42+,47+,48+,49+,50-,51?,52-/m0/s1. The quantitative estimate of drug-likeness (QED) is 0.0251. The minimum absolute atomic E-state index is 0.0294. The average molecular weight is 1290 g/mol. The predicted octanol–water partition coefficient (Wildman–Crippen LogP) is 0.114. The molecule has 6 amide bonds. The fourth-order valence-corrected chi connectivity index (χ4v) is 16.9. The first-order valence-electron chi connectivity index (χ1n) is 28.5. The first-order chi connectivity index (χ1) is 39.9. The summed E-state index contributed by atoms with van der Waals surface area (Å²) in [4.78, 5) is 87.8. The molecule has 83 heavy (non-hydrogen) atoms. The Morgan fingerprint density at radius 3 is 1.34 bits per heavy atom. The largest absolute Gasteiger partial charge is 0.343 e. The Bertz CT molecular complexity index is 3050. The zero-order valence-corrected chi connectivity index (χ0v) is 51.2. The summed E-state index contributed by atoms with van der Waals surface area (Å²) in [5.41, 5.74) is 3.48. The van der Waals surface area contributed by atoms with Gasteiger partial charge in [0.25, 0.3) is 0 Å². The van der Waals surface area contributed by atoms with E-state index in [0.29, 0.717) is 32.1 Å². The van der Waals surface area contributed by atoms with E-state index in [1.807, 2.05) is 121 Å². The molecule has 4 aromatic rings. The van der Waals surface area contributed by atoms with Crippen LogP contribution in [0.1, 0.15) is 99.6 Å². The molecule has 6 N–H and O–H groups in total. The number of carbonyl (C=O) groups is 6. The van der Waals surface area contributed by atoms with Gasteiger partial charge in [-0.15, -0.1) is 0 Å². The van der Waals surface area contributed by atoms with Crippen LogP contribution in [0.4, 0.5) is 0 Å². The number of nitrogens with one attached hydrogen (secondary N) is 6. The van der Waals surface area contributed by atoms with Crippen LogP contribution in [0.2, 0.25) is 0 Å². The predicted molar refractivity (Wildman–Crippen MR) is 312 cm³/mol. The molecule has 0 aliphatic carbocycles. The van der Waals surface area contributed by atoms with Gasteiger partial charge in [-0.05, 0) is 44.4 Å². The first-order valence-corrected chi connectivity index (χ1v) is 34.1. The van der Waals surface area contributed by atoms with Gasteiger partial charge >= 0.3 is 301 Å². The van der Waals surface area contributed by atoms with Gasteiger partial charge in [0.05, 0.1) is 12.1 Å². The Morgan fingerprint density at radius 2 is 0.928 bits per heavy atom. The summed E-state index contributed by atoms with van der Waals surface area (Å²) in [7, 11) is -4.81. The van der Waals surface area contributed by atoms with Crippen molar-refractivity contribution in [3.05, 3.63) is 156 Å². The second kappa shape index (κ2) is 29.1. The van der Waals surface area contributed by atoms with E-state index < -0.39 is 112 Å². The zero-order valence-electron chi connectivity index (χ0n) is 47.4. The average Bonchev–Trinajstić information content (AvgIpc) is 4.15. The summed E-state index contributed by atoms with van der Waals surface area (Å²) in [6, 6.07) is 32.1. The molecular formula is C60H78IN10O10S2-. The van der Waals surface area contributed by atoms with Crippen LogP contribution in [0.3, 0.4) is 0 Å². The maximum absolute atomic E-state index is 14.8. The normalized spacial score (nSPS) is 22.7. The van der Waals surface area contributed by atoms with Gasteiger partial charge in [0, 0.05) is 19.1 Å². The molecule has 0 radical (unpaired) electrons. The Hall–Kier alpha value is -6.09. The third-order valence-corrected chi connectivity index (χ3v) is 22.5. The third-order valence-electron chi connectivity index (χ3n) is 16.3. The molecule has 0 spiro atoms. The summed E-state index contributed by atoms with van der Waals surface area (Å²) in [6.45, 7) is 2.90. The second-order valence-corrected chi connectivity index (χ2v) is 28.4. The van der Waals surface area contributed by atoms with E-state index >= 15 is 0 Å². The van der Waals surface area contributed by atoms with Crippen LogP contribution in [0.15, 0.2) is 133 Å². The van der Waals surface area contributed by atoms with Crippen molar-refractivity contribution in [2.75, 3.05) is 51.8 Å². The molecule has 4 aliphatic rings. The molecule has 4 fully saturated rings. The molecule has 0 aromatic heterocycles. The molecule has 23 heteroatoms. The summed E-state index contributed by atoms with van der Waals surface area (Å²) in [5, 5.41) is 14.9. The summed E-state index contributed by atoms with van der Waals surface area (Å²) in [5.74, 6) is -3.10. The maximum atomic E-state index is 14.8. The molecule has 0 bridgehead atoms. The first kappa shape index (κ1) is 62.9. The molecule has 20 nitrogen and oxygen atoms in total. The number of fused-ring (bicyclic) bond motifs is 2. The number of hydrogen-bond acceptors (Lipinski definition) is 12. The molecule has 4 saturated heterocycles. The van der Waals surface area contributed by atoms with Crippen molar-refractivity contribution in [1.82, 2.24) is 48.5 Å². The molecule has 8 rings (SSSR count). The summed E-state index contributed by atoms with van der Waals surface area (Å²) in [6.07, 6.45) is 5.54. The van der Waals surface area contributed by atoms with Gasteiger partial charge in [-0.2, -0.15) is 0 Å². The van der Waals surface area contributed by atoms with Crippen LogP contribution in [-0.4, -0.2) is 169 Å². The molecule has 4 heterocycles. The van der Waals surface area contributed by atoms with Crippen LogP contribution in [0.5, 0.6) is 0 Å². The van der Waals surface area contributed by atoms with Gasteiger partial charge in [-0.25, -0.2) is 0 Å². The van der Waals surface area contributed by atoms with Crippen LogP contribution in [0, 0.1) is 0 Å². The number of benzene rings is 4. The Balaban J connectivity index is 0.905. The van der Waals surface area contributed by atoms with Gasteiger partial charge in [0.15, 0.2) is 0 Å². The molecule has 4 aliphatic heterocycles. The zero-order chi connectivity index (χ0) is 59.3. The van der Waals surface area contributed by atoms with Crippen molar-refractivity contribution in [2.24, 2.45) is 0 Å². The van der Waals surface area contributed by atoms with E-state index in [2.05, 4.69) is 30.1 Å². The van der Waals surface area contributed by atoms with Crippen LogP contribution in [-0.2, 0) is 48.8 Å². The summed E-state index contributed by atoms with van der Waals surface area (Å²) < 4.78 is 61.5. The molecule has 0 saturated carbocycles. The number of alkyl halides is 1. The third kappa shape index (κ3) is 15.8. The van der Waals surface area contributed by atoms with Gasteiger partial charge < -0.3 is 20.9 Å². The minimum Gasteiger partial charge on any atom is -0.343 e. The van der Waals surface area contributed by atoms with Crippen LogP contribution >= 0.6 is 0 Å². The molecule has 4 aromatic carbocycles. The Morgan fingerprint density at radius 1 is 0.542 bits per heavy atom. The number of likely N-dealkylation sites (N-methyl/N-ethyl adjacent to an activating group) is 2. The van der Waals surface area contributed by atoms with Gasteiger partial charge in [0.2, 0.25) is 17.7 Å². The number of allylic oxidation sites excluding steroid dienone is 2. The van der Waals surface area contributed by atoms with E-state index in [1.165, 1.54) is 8.61 Å². The van der Waals surface area contributed by atoms with E-state index in [0.717, 1.165) is 22.3 Å². The van der Waals surface area contributed by atoms with Crippen molar-refractivity contribution in [1.29, 1.82) is 0 Å². The van der Waals surface area contributed by atoms with Gasteiger partial charge in [0.1, 0.15) is 12.1 Å². The van der Waals surface area contributed by atoms with Crippen molar-refractivity contribution in [3.63, 3.8) is 0 Å². The molecular weight excluding hydrogens is 1210 g/mol. The van der Waals surface area contributed by atoms with E-state index in [4.69, 9.17) is 0 Å². The molecule has 1 unspecified atom stereocenters. The summed E-state index contributed by atoms with van der Waals surface area (Å²) >= 11 is -1.46. The minimum atomic E-state index is -4.05. The second-order valence-electron chi connectivity index (χ2n) is 21.6. The number of rotatable bonds is 23. The van der Waals surface area contributed by atoms with E-state index in [-0.39, 0.29) is 80.6 Å². The Kier molecular flexibility index (Phi) is 22.1. The number of carbonyl (C=O) groups excluding carboxylic acids is 6. The topological polar surface area (TPSA) is 256 Å². The fourth-order valence-electron chi connectivity index (χ4n) is 11.3. The maximum Gasteiger partial charge on any atom is 0.247 e. The number of nitrogens with zero attached hydrogens (tertiary/aromatic N) is 4. The van der Waals surface area contributed by atoms with Crippen LogP contribution in [0.25, 0.3) is 0 Å². The van der Waals surface area contributed by atoms with Crippen molar-refractivity contribution < 1.29 is 67.1 Å². The van der Waals surface area contributed by atoms with Crippen molar-refractivity contribution in [2.45, 2.75) is 124 Å². The molecule has 8 atom stereocenters. The number of hydrogen-bond donors (Lipinski definition) is 6. The number of amides is 6.